The van der Waals surface area contributed by atoms with Crippen LogP contribution >= 0.6 is 0 Å². The fraction of sp³-hybridized carbons (Fsp3) is 1.00. The minimum Gasteiger partial charge on any atom is -0.314 e. The molecule has 1 aliphatic rings. The van der Waals surface area contributed by atoms with E-state index in [1.165, 1.54) is 25.8 Å². The third kappa shape index (κ3) is 4.97. The lowest BCUT2D eigenvalue weighted by Crippen LogP contribution is -2.37. The number of hydrogen-bond donors (Lipinski definition) is 2. The largest absolute Gasteiger partial charge is 0.314 e. The van der Waals surface area contributed by atoms with Gasteiger partial charge in [0.2, 0.25) is 0 Å². The van der Waals surface area contributed by atoms with Crippen LogP contribution in [0.1, 0.15) is 47.0 Å². The summed E-state index contributed by atoms with van der Waals surface area (Å²) in [6.45, 7) is 11.2. The number of nitrogens with one attached hydrogen (secondary N) is 2. The van der Waals surface area contributed by atoms with E-state index in [0.717, 1.165) is 18.5 Å². The Balaban J connectivity index is 1.86. The highest BCUT2D eigenvalue weighted by molar-refractivity contribution is 4.91. The average Bonchev–Trinajstić information content (AvgIpc) is 2.80. The van der Waals surface area contributed by atoms with E-state index < -0.39 is 0 Å². The summed E-state index contributed by atoms with van der Waals surface area (Å²) in [6, 6.07) is 0.842. The van der Waals surface area contributed by atoms with E-state index in [4.69, 9.17) is 0 Å². The maximum Gasteiger partial charge on any atom is 0.00990 e. The zero-order valence-electron chi connectivity index (χ0n) is 10.2. The lowest BCUT2D eigenvalue weighted by atomic mass is 10.1. The molecule has 0 aromatic rings. The van der Waals surface area contributed by atoms with Gasteiger partial charge in [0.15, 0.2) is 0 Å². The Kier molecular flexibility index (Phi) is 4.39. The van der Waals surface area contributed by atoms with Gasteiger partial charge in [0, 0.05) is 11.6 Å². The molecule has 2 heteroatoms. The van der Waals surface area contributed by atoms with Crippen molar-refractivity contribution in [3.8, 4) is 0 Å². The van der Waals surface area contributed by atoms with Gasteiger partial charge in [-0.15, -0.1) is 0 Å². The third-order valence-electron chi connectivity index (χ3n) is 2.86. The molecule has 0 bridgehead atoms. The van der Waals surface area contributed by atoms with Crippen LogP contribution in [0.5, 0.6) is 0 Å². The van der Waals surface area contributed by atoms with Crippen LogP contribution in [-0.2, 0) is 0 Å². The number of hydrogen-bond acceptors (Lipinski definition) is 2. The van der Waals surface area contributed by atoms with Gasteiger partial charge in [0.05, 0.1) is 0 Å². The van der Waals surface area contributed by atoms with E-state index in [0.29, 0.717) is 0 Å². The van der Waals surface area contributed by atoms with Crippen molar-refractivity contribution in [2.75, 3.05) is 13.1 Å². The fourth-order valence-corrected chi connectivity index (χ4v) is 1.79. The van der Waals surface area contributed by atoms with Crippen LogP contribution in [0.15, 0.2) is 0 Å². The van der Waals surface area contributed by atoms with E-state index in [9.17, 15) is 0 Å². The highest BCUT2D eigenvalue weighted by Crippen LogP contribution is 2.32. The molecule has 1 aliphatic carbocycles. The predicted molar refractivity (Wildman–Crippen MR) is 62.6 cm³/mol. The van der Waals surface area contributed by atoms with E-state index in [-0.39, 0.29) is 5.54 Å². The van der Waals surface area contributed by atoms with Crippen LogP contribution in [0.2, 0.25) is 0 Å². The fourth-order valence-electron chi connectivity index (χ4n) is 1.79. The predicted octanol–water partition coefficient (Wildman–Crippen LogP) is 2.15. The van der Waals surface area contributed by atoms with Gasteiger partial charge in [-0.25, -0.2) is 0 Å². The molecule has 0 saturated heterocycles. The maximum atomic E-state index is 3.60. The van der Waals surface area contributed by atoms with Crippen LogP contribution in [0.3, 0.4) is 0 Å². The van der Waals surface area contributed by atoms with Crippen molar-refractivity contribution in [3.05, 3.63) is 0 Å². The summed E-state index contributed by atoms with van der Waals surface area (Å²) < 4.78 is 0. The zero-order chi connectivity index (χ0) is 10.6. The molecule has 0 spiro atoms. The Morgan fingerprint density at radius 1 is 1.21 bits per heavy atom. The summed E-state index contributed by atoms with van der Waals surface area (Å²) in [5.41, 5.74) is 0.269. The minimum absolute atomic E-state index is 0.269. The van der Waals surface area contributed by atoms with Crippen molar-refractivity contribution >= 4 is 0 Å². The highest BCUT2D eigenvalue weighted by atomic mass is 15.0. The molecule has 2 N–H and O–H groups in total. The molecule has 2 unspecified atom stereocenters. The lowest BCUT2D eigenvalue weighted by molar-refractivity contribution is 0.417. The molecular weight excluding hydrogens is 172 g/mol. The molecule has 0 heterocycles. The summed E-state index contributed by atoms with van der Waals surface area (Å²) in [5, 5.41) is 7.11. The van der Waals surface area contributed by atoms with Gasteiger partial charge in [-0.2, -0.15) is 0 Å². The van der Waals surface area contributed by atoms with Gasteiger partial charge in [-0.3, -0.25) is 0 Å². The minimum atomic E-state index is 0.269. The molecule has 0 aliphatic heterocycles. The molecule has 1 saturated carbocycles. The summed E-state index contributed by atoms with van der Waals surface area (Å²) >= 11 is 0. The van der Waals surface area contributed by atoms with Crippen molar-refractivity contribution in [1.82, 2.24) is 10.6 Å². The first-order valence-electron chi connectivity index (χ1n) is 6.01. The lowest BCUT2D eigenvalue weighted by Gasteiger charge is -2.20. The third-order valence-corrected chi connectivity index (χ3v) is 2.86. The van der Waals surface area contributed by atoms with E-state index in [1.54, 1.807) is 0 Å². The second-order valence-electron chi connectivity index (χ2n) is 5.49. The first-order chi connectivity index (χ1) is 6.53. The van der Waals surface area contributed by atoms with E-state index in [2.05, 4.69) is 38.3 Å². The quantitative estimate of drug-likeness (QED) is 0.639. The standard InChI is InChI=1S/C12H26N2/c1-5-10-9-11(10)13-7-6-8-14-12(2,3)4/h10-11,13-14H,5-9H2,1-4H3. The van der Waals surface area contributed by atoms with Gasteiger partial charge in [0.1, 0.15) is 0 Å². The molecule has 2 atom stereocenters. The molecular formula is C12H26N2. The van der Waals surface area contributed by atoms with Gasteiger partial charge < -0.3 is 10.6 Å². The van der Waals surface area contributed by atoms with Crippen LogP contribution in [0.25, 0.3) is 0 Å². The maximum absolute atomic E-state index is 3.60. The monoisotopic (exact) mass is 198 g/mol. The van der Waals surface area contributed by atoms with Crippen LogP contribution in [-0.4, -0.2) is 24.7 Å². The van der Waals surface area contributed by atoms with Crippen LogP contribution < -0.4 is 10.6 Å². The van der Waals surface area contributed by atoms with E-state index >= 15 is 0 Å². The smallest absolute Gasteiger partial charge is 0.00990 e. The first-order valence-corrected chi connectivity index (χ1v) is 6.01. The zero-order valence-corrected chi connectivity index (χ0v) is 10.2. The van der Waals surface area contributed by atoms with Gasteiger partial charge >= 0.3 is 0 Å². The molecule has 1 rings (SSSR count). The van der Waals surface area contributed by atoms with Gasteiger partial charge in [0.25, 0.3) is 0 Å². The highest BCUT2D eigenvalue weighted by Gasteiger charge is 2.34. The molecule has 0 aromatic carbocycles. The molecule has 1 fully saturated rings. The summed E-state index contributed by atoms with van der Waals surface area (Å²) in [6.07, 6.45) is 3.99. The summed E-state index contributed by atoms with van der Waals surface area (Å²) in [4.78, 5) is 0. The van der Waals surface area contributed by atoms with Crippen LogP contribution in [0.4, 0.5) is 0 Å². The Morgan fingerprint density at radius 3 is 2.43 bits per heavy atom. The SMILES string of the molecule is CCC1CC1NCCCNC(C)(C)C. The molecule has 84 valence electrons. The average molecular weight is 198 g/mol. The molecule has 0 radical (unpaired) electrons. The molecule has 2 nitrogen and oxygen atoms in total. The van der Waals surface area contributed by atoms with E-state index in [1.807, 2.05) is 0 Å². The Hall–Kier alpha value is -0.0800. The van der Waals surface area contributed by atoms with Crippen LogP contribution in [0, 0.1) is 5.92 Å². The summed E-state index contributed by atoms with van der Waals surface area (Å²) in [7, 11) is 0. The normalized spacial score (nSPS) is 26.6. The van der Waals surface area contributed by atoms with Crippen molar-refractivity contribution in [2.45, 2.75) is 58.5 Å². The molecule has 0 amide bonds. The Bertz CT molecular complexity index is 160. The number of rotatable bonds is 6. The van der Waals surface area contributed by atoms with Crippen molar-refractivity contribution in [1.29, 1.82) is 0 Å². The van der Waals surface area contributed by atoms with Gasteiger partial charge in [-0.05, 0) is 52.6 Å². The Labute approximate surface area is 88.8 Å². The second kappa shape index (κ2) is 5.13. The molecule has 0 aromatic heterocycles. The Morgan fingerprint density at radius 2 is 1.93 bits per heavy atom. The first kappa shape index (κ1) is 12.0. The topological polar surface area (TPSA) is 24.1 Å². The van der Waals surface area contributed by atoms with Crippen molar-refractivity contribution < 1.29 is 0 Å². The second-order valence-corrected chi connectivity index (χ2v) is 5.49. The summed E-state index contributed by atoms with van der Waals surface area (Å²) in [5.74, 6) is 0.977. The van der Waals surface area contributed by atoms with Crippen molar-refractivity contribution in [3.63, 3.8) is 0 Å². The van der Waals surface area contributed by atoms with Crippen molar-refractivity contribution in [2.24, 2.45) is 5.92 Å². The molecule has 14 heavy (non-hydrogen) atoms. The van der Waals surface area contributed by atoms with Gasteiger partial charge in [-0.1, -0.05) is 13.3 Å².